The number of nitrogens with two attached hydrogens (primary N) is 1. The number of nitrogens with zero attached hydrogens (tertiary/aromatic N) is 1. The molecule has 0 spiro atoms. The first-order valence-corrected chi connectivity index (χ1v) is 7.82. The summed E-state index contributed by atoms with van der Waals surface area (Å²) in [4.78, 5) is 13.6. The topological polar surface area (TPSA) is 58.4 Å². The Labute approximate surface area is 128 Å². The Morgan fingerprint density at radius 1 is 1.55 bits per heavy atom. The minimum atomic E-state index is -0.190. The van der Waals surface area contributed by atoms with Gasteiger partial charge in [-0.3, -0.25) is 4.79 Å². The second kappa shape index (κ2) is 6.59. The average Bonchev–Trinajstić information content (AvgIpc) is 2.86. The summed E-state index contributed by atoms with van der Waals surface area (Å²) in [6.45, 7) is 6.71. The van der Waals surface area contributed by atoms with Gasteiger partial charge in [0, 0.05) is 35.8 Å². The SMILES string of the molecule is CC(C)NCc1ccc(Br)cc1N1CCC(C(N)=O)C1. The lowest BCUT2D eigenvalue weighted by atomic mass is 10.1. The van der Waals surface area contributed by atoms with Gasteiger partial charge in [-0.05, 0) is 24.1 Å². The third kappa shape index (κ3) is 3.73. The molecule has 0 aliphatic carbocycles. The molecule has 1 aliphatic rings. The van der Waals surface area contributed by atoms with Crippen LogP contribution in [0.5, 0.6) is 0 Å². The number of hydrogen-bond donors (Lipinski definition) is 2. The van der Waals surface area contributed by atoms with E-state index in [2.05, 4.69) is 58.2 Å². The Morgan fingerprint density at radius 2 is 2.30 bits per heavy atom. The molecule has 1 atom stereocenters. The van der Waals surface area contributed by atoms with Crippen LogP contribution < -0.4 is 16.0 Å². The highest BCUT2D eigenvalue weighted by Crippen LogP contribution is 2.30. The van der Waals surface area contributed by atoms with E-state index in [-0.39, 0.29) is 11.8 Å². The molecule has 0 radical (unpaired) electrons. The van der Waals surface area contributed by atoms with Crippen molar-refractivity contribution in [2.75, 3.05) is 18.0 Å². The monoisotopic (exact) mass is 339 g/mol. The molecule has 1 aromatic rings. The fourth-order valence-corrected chi connectivity index (χ4v) is 2.86. The summed E-state index contributed by atoms with van der Waals surface area (Å²) in [5, 5.41) is 3.45. The van der Waals surface area contributed by atoms with Crippen molar-refractivity contribution in [2.24, 2.45) is 11.7 Å². The number of halogens is 1. The number of primary amides is 1. The van der Waals surface area contributed by atoms with Gasteiger partial charge in [-0.25, -0.2) is 0 Å². The summed E-state index contributed by atoms with van der Waals surface area (Å²) in [5.74, 6) is -0.218. The molecule has 1 amide bonds. The van der Waals surface area contributed by atoms with E-state index in [1.54, 1.807) is 0 Å². The maximum atomic E-state index is 11.3. The van der Waals surface area contributed by atoms with Crippen LogP contribution >= 0.6 is 15.9 Å². The normalized spacial score (nSPS) is 18.8. The maximum absolute atomic E-state index is 11.3. The number of nitrogens with one attached hydrogen (secondary N) is 1. The molecule has 0 aromatic heterocycles. The van der Waals surface area contributed by atoms with Gasteiger partial charge in [0.05, 0.1) is 5.92 Å². The van der Waals surface area contributed by atoms with Crippen molar-refractivity contribution in [1.82, 2.24) is 5.32 Å². The fourth-order valence-electron chi connectivity index (χ4n) is 2.51. The van der Waals surface area contributed by atoms with E-state index >= 15 is 0 Å². The third-order valence-electron chi connectivity index (χ3n) is 3.68. The number of anilines is 1. The van der Waals surface area contributed by atoms with Crippen LogP contribution in [0.25, 0.3) is 0 Å². The van der Waals surface area contributed by atoms with Gasteiger partial charge in [-0.2, -0.15) is 0 Å². The van der Waals surface area contributed by atoms with Crippen LogP contribution in [0.1, 0.15) is 25.8 Å². The Morgan fingerprint density at radius 3 is 2.90 bits per heavy atom. The largest absolute Gasteiger partial charge is 0.370 e. The van der Waals surface area contributed by atoms with Gasteiger partial charge in [-0.15, -0.1) is 0 Å². The van der Waals surface area contributed by atoms with Gasteiger partial charge < -0.3 is 16.0 Å². The molecule has 3 N–H and O–H groups in total. The highest BCUT2D eigenvalue weighted by atomic mass is 79.9. The third-order valence-corrected chi connectivity index (χ3v) is 4.17. The summed E-state index contributed by atoms with van der Waals surface area (Å²) in [6, 6.07) is 6.76. The second-order valence-corrected chi connectivity index (χ2v) is 6.56. The molecular weight excluding hydrogens is 318 g/mol. The van der Waals surface area contributed by atoms with Gasteiger partial charge in [0.15, 0.2) is 0 Å². The molecule has 2 rings (SSSR count). The van der Waals surface area contributed by atoms with E-state index in [1.165, 1.54) is 11.3 Å². The van der Waals surface area contributed by atoms with Crippen LogP contribution in [0, 0.1) is 5.92 Å². The number of hydrogen-bond acceptors (Lipinski definition) is 3. The molecule has 1 aliphatic heterocycles. The second-order valence-electron chi connectivity index (χ2n) is 5.64. The minimum absolute atomic E-state index is 0.0279. The lowest BCUT2D eigenvalue weighted by Gasteiger charge is -2.23. The highest BCUT2D eigenvalue weighted by Gasteiger charge is 2.27. The molecule has 1 saturated heterocycles. The van der Waals surface area contributed by atoms with Gasteiger partial charge >= 0.3 is 0 Å². The predicted molar refractivity (Wildman–Crippen MR) is 85.6 cm³/mol. The van der Waals surface area contributed by atoms with Crippen LogP contribution in [-0.2, 0) is 11.3 Å². The molecule has 1 heterocycles. The zero-order valence-electron chi connectivity index (χ0n) is 12.0. The summed E-state index contributed by atoms with van der Waals surface area (Å²) >= 11 is 3.53. The van der Waals surface area contributed by atoms with Crippen molar-refractivity contribution in [3.8, 4) is 0 Å². The fraction of sp³-hybridized carbons (Fsp3) is 0.533. The van der Waals surface area contributed by atoms with Crippen LogP contribution in [0.3, 0.4) is 0 Å². The highest BCUT2D eigenvalue weighted by molar-refractivity contribution is 9.10. The molecule has 110 valence electrons. The average molecular weight is 340 g/mol. The summed E-state index contributed by atoms with van der Waals surface area (Å²) in [7, 11) is 0. The smallest absolute Gasteiger partial charge is 0.222 e. The molecule has 1 unspecified atom stereocenters. The predicted octanol–water partition coefficient (Wildman–Crippen LogP) is 2.26. The van der Waals surface area contributed by atoms with E-state index in [1.807, 2.05) is 0 Å². The van der Waals surface area contributed by atoms with Gasteiger partial charge in [0.1, 0.15) is 0 Å². The summed E-state index contributed by atoms with van der Waals surface area (Å²) < 4.78 is 1.06. The first-order chi connectivity index (χ1) is 9.47. The van der Waals surface area contributed by atoms with Crippen LogP contribution in [-0.4, -0.2) is 25.0 Å². The number of rotatable bonds is 5. The van der Waals surface area contributed by atoms with Gasteiger partial charge in [-0.1, -0.05) is 35.8 Å². The Hall–Kier alpha value is -1.07. The molecule has 5 heteroatoms. The van der Waals surface area contributed by atoms with Gasteiger partial charge in [0.2, 0.25) is 5.91 Å². The van der Waals surface area contributed by atoms with Crippen molar-refractivity contribution in [3.63, 3.8) is 0 Å². The van der Waals surface area contributed by atoms with E-state index < -0.39 is 0 Å². The quantitative estimate of drug-likeness (QED) is 0.864. The zero-order valence-corrected chi connectivity index (χ0v) is 13.6. The maximum Gasteiger partial charge on any atom is 0.222 e. The molecule has 1 aromatic carbocycles. The van der Waals surface area contributed by atoms with Crippen molar-refractivity contribution in [2.45, 2.75) is 32.9 Å². The van der Waals surface area contributed by atoms with Gasteiger partial charge in [0.25, 0.3) is 0 Å². The number of carbonyl (C=O) groups excluding carboxylic acids is 1. The molecule has 1 fully saturated rings. The van der Waals surface area contributed by atoms with Crippen molar-refractivity contribution in [3.05, 3.63) is 28.2 Å². The Balaban J connectivity index is 2.17. The lowest BCUT2D eigenvalue weighted by Crippen LogP contribution is -2.28. The van der Waals surface area contributed by atoms with Crippen LogP contribution in [0.4, 0.5) is 5.69 Å². The molecule has 4 nitrogen and oxygen atoms in total. The summed E-state index contributed by atoms with van der Waals surface area (Å²) in [5.41, 5.74) is 7.86. The van der Waals surface area contributed by atoms with Crippen LogP contribution in [0.2, 0.25) is 0 Å². The lowest BCUT2D eigenvalue weighted by molar-refractivity contribution is -0.121. The Kier molecular flexibility index (Phi) is 5.05. The van der Waals surface area contributed by atoms with E-state index in [0.717, 1.165) is 30.5 Å². The van der Waals surface area contributed by atoms with E-state index in [4.69, 9.17) is 5.73 Å². The number of amides is 1. The minimum Gasteiger partial charge on any atom is -0.370 e. The van der Waals surface area contributed by atoms with E-state index in [0.29, 0.717) is 6.04 Å². The van der Waals surface area contributed by atoms with Crippen molar-refractivity contribution < 1.29 is 4.79 Å². The van der Waals surface area contributed by atoms with Crippen LogP contribution in [0.15, 0.2) is 22.7 Å². The number of carbonyl (C=O) groups is 1. The molecule has 20 heavy (non-hydrogen) atoms. The van der Waals surface area contributed by atoms with Crippen molar-refractivity contribution in [1.29, 1.82) is 0 Å². The first-order valence-electron chi connectivity index (χ1n) is 7.03. The molecular formula is C15H22BrN3O. The Bertz CT molecular complexity index is 490. The van der Waals surface area contributed by atoms with Crippen molar-refractivity contribution >= 4 is 27.5 Å². The number of benzene rings is 1. The first kappa shape index (κ1) is 15.3. The van der Waals surface area contributed by atoms with E-state index in [9.17, 15) is 4.79 Å². The molecule has 0 bridgehead atoms. The molecule has 0 saturated carbocycles. The summed E-state index contributed by atoms with van der Waals surface area (Å²) in [6.07, 6.45) is 0.846. The zero-order chi connectivity index (χ0) is 14.7. The standard InChI is InChI=1S/C15H22BrN3O/c1-10(2)18-8-11-3-4-13(16)7-14(11)19-6-5-12(9-19)15(17)20/h3-4,7,10,12,18H,5-6,8-9H2,1-2H3,(H2,17,20).